The third-order valence-corrected chi connectivity index (χ3v) is 1.98. The van der Waals surface area contributed by atoms with Crippen LogP contribution >= 0.6 is 15.9 Å². The lowest BCUT2D eigenvalue weighted by Gasteiger charge is -2.07. The highest BCUT2D eigenvalue weighted by molar-refractivity contribution is 9.10. The van der Waals surface area contributed by atoms with Crippen LogP contribution in [0.4, 0.5) is 14.5 Å². The van der Waals surface area contributed by atoms with Crippen molar-refractivity contribution in [2.45, 2.75) is 6.43 Å². The van der Waals surface area contributed by atoms with E-state index in [1.165, 1.54) is 12.3 Å². The molecule has 1 heterocycles. The number of nitrogens with one attached hydrogen (secondary N) is 1. The Balaban J connectivity index is 3.06. The van der Waals surface area contributed by atoms with Crippen LogP contribution in [0.15, 0.2) is 16.7 Å². The zero-order valence-corrected chi connectivity index (χ0v) is 9.29. The molecule has 3 N–H and O–H groups in total. The first-order chi connectivity index (χ1) is 7.41. The van der Waals surface area contributed by atoms with Gasteiger partial charge in [-0.3, -0.25) is 9.59 Å². The number of carbonyl (C=O) groups excluding carboxylic acids is 2. The molecule has 0 aliphatic carbocycles. The van der Waals surface area contributed by atoms with Gasteiger partial charge in [-0.05, 0) is 22.0 Å². The summed E-state index contributed by atoms with van der Waals surface area (Å²) < 4.78 is 24.4. The quantitative estimate of drug-likeness (QED) is 0.876. The molecule has 16 heavy (non-hydrogen) atoms. The number of hydrogen-bond donors (Lipinski definition) is 2. The van der Waals surface area contributed by atoms with Gasteiger partial charge in [-0.15, -0.1) is 0 Å². The Morgan fingerprint density at radius 3 is 2.62 bits per heavy atom. The van der Waals surface area contributed by atoms with E-state index >= 15 is 0 Å². The second-order valence-corrected chi connectivity index (χ2v) is 3.62. The Hall–Kier alpha value is -1.57. The van der Waals surface area contributed by atoms with Gasteiger partial charge in [0.1, 0.15) is 0 Å². The minimum atomic E-state index is -3.18. The molecule has 1 aromatic heterocycles. The van der Waals surface area contributed by atoms with Gasteiger partial charge in [0, 0.05) is 10.7 Å². The first-order valence-electron chi connectivity index (χ1n) is 3.96. The van der Waals surface area contributed by atoms with Crippen LogP contribution in [0, 0.1) is 0 Å². The monoisotopic (exact) mass is 293 g/mol. The van der Waals surface area contributed by atoms with Crippen LogP contribution in [0.1, 0.15) is 10.5 Å². The van der Waals surface area contributed by atoms with Crippen molar-refractivity contribution in [1.29, 1.82) is 0 Å². The Labute approximate surface area is 97.2 Å². The van der Waals surface area contributed by atoms with Crippen molar-refractivity contribution >= 4 is 33.4 Å². The number of amides is 2. The molecule has 8 heteroatoms. The van der Waals surface area contributed by atoms with Crippen LogP contribution in [0.2, 0.25) is 0 Å². The average molecular weight is 294 g/mol. The molecule has 1 rings (SSSR count). The van der Waals surface area contributed by atoms with Crippen LogP contribution < -0.4 is 11.1 Å². The van der Waals surface area contributed by atoms with E-state index in [-0.39, 0.29) is 11.4 Å². The number of nitrogens with two attached hydrogens (primary N) is 1. The highest BCUT2D eigenvalue weighted by Crippen LogP contribution is 2.19. The Morgan fingerprint density at radius 2 is 2.12 bits per heavy atom. The van der Waals surface area contributed by atoms with Crippen LogP contribution in [-0.4, -0.2) is 23.2 Å². The maximum Gasteiger partial charge on any atom is 0.315 e. The predicted molar refractivity (Wildman–Crippen MR) is 55.1 cm³/mol. The van der Waals surface area contributed by atoms with Crippen molar-refractivity contribution in [3.8, 4) is 0 Å². The Morgan fingerprint density at radius 1 is 1.50 bits per heavy atom. The van der Waals surface area contributed by atoms with Crippen LogP contribution in [0.3, 0.4) is 0 Å². The fraction of sp³-hybridized carbons (Fsp3) is 0.125. The van der Waals surface area contributed by atoms with Gasteiger partial charge in [-0.2, -0.15) is 8.78 Å². The molecule has 0 aliphatic rings. The summed E-state index contributed by atoms with van der Waals surface area (Å²) in [6, 6.07) is 1.26. The van der Waals surface area contributed by atoms with Crippen molar-refractivity contribution in [2.24, 2.45) is 5.73 Å². The zero-order chi connectivity index (χ0) is 12.3. The number of halogens is 3. The molecule has 1 aromatic rings. The molecular weight excluding hydrogens is 288 g/mol. The van der Waals surface area contributed by atoms with E-state index in [4.69, 9.17) is 5.73 Å². The summed E-state index contributed by atoms with van der Waals surface area (Å²) in [6.07, 6.45) is -1.92. The van der Waals surface area contributed by atoms with Gasteiger partial charge in [-0.1, -0.05) is 0 Å². The third-order valence-electron chi connectivity index (χ3n) is 1.54. The number of anilines is 1. The highest BCUT2D eigenvalue weighted by Gasteiger charge is 2.19. The molecule has 0 aromatic carbocycles. The summed E-state index contributed by atoms with van der Waals surface area (Å²) >= 11 is 3.02. The molecule has 0 saturated heterocycles. The molecule has 0 bridgehead atoms. The summed E-state index contributed by atoms with van der Waals surface area (Å²) in [6.45, 7) is 0. The summed E-state index contributed by atoms with van der Waals surface area (Å²) in [7, 11) is 0. The molecule has 2 amide bonds. The molecule has 0 fully saturated rings. The van der Waals surface area contributed by atoms with E-state index < -0.39 is 18.2 Å². The van der Waals surface area contributed by atoms with Crippen LogP contribution in [0.25, 0.3) is 0 Å². The first kappa shape index (κ1) is 12.5. The standard InChI is InChI=1S/C8H6BrF2N3O2/c9-3-1-4(14-8(16)6(10)11)5(7(12)15)13-2-3/h1-2,6H,(H2,12,15)(H,14,16). The van der Waals surface area contributed by atoms with E-state index in [0.29, 0.717) is 4.47 Å². The lowest BCUT2D eigenvalue weighted by Crippen LogP contribution is -2.23. The van der Waals surface area contributed by atoms with Gasteiger partial charge in [0.2, 0.25) is 0 Å². The first-order valence-corrected chi connectivity index (χ1v) is 4.75. The van der Waals surface area contributed by atoms with E-state index in [1.54, 1.807) is 0 Å². The lowest BCUT2D eigenvalue weighted by molar-refractivity contribution is -0.126. The summed E-state index contributed by atoms with van der Waals surface area (Å²) in [5.74, 6) is -2.44. The summed E-state index contributed by atoms with van der Waals surface area (Å²) in [4.78, 5) is 25.2. The van der Waals surface area contributed by atoms with Crippen molar-refractivity contribution in [3.05, 3.63) is 22.4 Å². The number of pyridine rings is 1. The normalized spacial score (nSPS) is 10.2. The maximum atomic E-state index is 12.0. The molecule has 0 saturated carbocycles. The molecule has 0 spiro atoms. The fourth-order valence-corrected chi connectivity index (χ4v) is 1.25. The lowest BCUT2D eigenvalue weighted by atomic mass is 10.3. The number of carbonyl (C=O) groups is 2. The summed E-state index contributed by atoms with van der Waals surface area (Å²) in [5.41, 5.74) is 4.52. The minimum absolute atomic E-state index is 0.160. The highest BCUT2D eigenvalue weighted by atomic mass is 79.9. The number of alkyl halides is 2. The fourth-order valence-electron chi connectivity index (χ4n) is 0.918. The van der Waals surface area contributed by atoms with E-state index in [1.807, 2.05) is 5.32 Å². The molecule has 0 unspecified atom stereocenters. The van der Waals surface area contributed by atoms with Gasteiger partial charge in [0.25, 0.3) is 11.8 Å². The van der Waals surface area contributed by atoms with Gasteiger partial charge in [-0.25, -0.2) is 4.98 Å². The van der Waals surface area contributed by atoms with Crippen molar-refractivity contribution < 1.29 is 18.4 Å². The number of nitrogens with zero attached hydrogens (tertiary/aromatic N) is 1. The predicted octanol–water partition coefficient (Wildman–Crippen LogP) is 1.15. The number of hydrogen-bond acceptors (Lipinski definition) is 3. The molecular formula is C8H6BrF2N3O2. The van der Waals surface area contributed by atoms with Crippen LogP contribution in [0.5, 0.6) is 0 Å². The number of rotatable bonds is 3. The van der Waals surface area contributed by atoms with E-state index in [2.05, 4.69) is 20.9 Å². The topological polar surface area (TPSA) is 85.1 Å². The molecule has 5 nitrogen and oxygen atoms in total. The second kappa shape index (κ2) is 4.97. The molecule has 0 atom stereocenters. The SMILES string of the molecule is NC(=O)c1ncc(Br)cc1NC(=O)C(F)F. The third kappa shape index (κ3) is 2.96. The van der Waals surface area contributed by atoms with Crippen molar-refractivity contribution in [3.63, 3.8) is 0 Å². The van der Waals surface area contributed by atoms with Crippen molar-refractivity contribution in [1.82, 2.24) is 4.98 Å². The van der Waals surface area contributed by atoms with Gasteiger partial charge < -0.3 is 11.1 Å². The maximum absolute atomic E-state index is 12.0. The zero-order valence-electron chi connectivity index (χ0n) is 7.71. The Bertz CT molecular complexity index is 439. The van der Waals surface area contributed by atoms with E-state index in [0.717, 1.165) is 0 Å². The van der Waals surface area contributed by atoms with Crippen molar-refractivity contribution in [2.75, 3.05) is 5.32 Å². The largest absolute Gasteiger partial charge is 0.364 e. The number of aromatic nitrogens is 1. The van der Waals surface area contributed by atoms with E-state index in [9.17, 15) is 18.4 Å². The average Bonchev–Trinajstić information content (AvgIpc) is 2.16. The van der Waals surface area contributed by atoms with Gasteiger partial charge >= 0.3 is 6.43 Å². The second-order valence-electron chi connectivity index (χ2n) is 2.70. The number of primary amides is 1. The van der Waals surface area contributed by atoms with Gasteiger partial charge in [0.15, 0.2) is 5.69 Å². The molecule has 86 valence electrons. The van der Waals surface area contributed by atoms with Crippen LogP contribution in [-0.2, 0) is 4.79 Å². The smallest absolute Gasteiger partial charge is 0.315 e. The Kier molecular flexibility index (Phi) is 3.88. The molecule has 0 radical (unpaired) electrons. The molecule has 0 aliphatic heterocycles. The summed E-state index contributed by atoms with van der Waals surface area (Å²) in [5, 5.41) is 1.85. The van der Waals surface area contributed by atoms with Gasteiger partial charge in [0.05, 0.1) is 5.69 Å². The minimum Gasteiger partial charge on any atom is -0.364 e.